The summed E-state index contributed by atoms with van der Waals surface area (Å²) in [6, 6.07) is 17.0. The zero-order valence-electron chi connectivity index (χ0n) is 30.6. The molecule has 1 heterocycles. The Hall–Kier alpha value is -2.44. The number of unbranched alkanes of at least 4 members (excludes halogenated alkanes) is 18. The summed E-state index contributed by atoms with van der Waals surface area (Å²) in [6.45, 7) is 5.94. The quantitative estimate of drug-likeness (QED) is 0.0354. The first-order valence-corrected chi connectivity index (χ1v) is 21.4. The van der Waals surface area contributed by atoms with Gasteiger partial charge in [0.1, 0.15) is 0 Å². The molecule has 0 fully saturated rings. The van der Waals surface area contributed by atoms with Gasteiger partial charge in [-0.05, 0) is 47.9 Å². The van der Waals surface area contributed by atoms with Crippen LogP contribution in [-0.2, 0) is 0 Å². The first-order valence-electron chi connectivity index (χ1n) is 19.8. The van der Waals surface area contributed by atoms with E-state index in [1.165, 1.54) is 126 Å². The van der Waals surface area contributed by atoms with Crippen LogP contribution in [0.3, 0.4) is 0 Å². The third-order valence-electron chi connectivity index (χ3n) is 10.0. The Labute approximate surface area is 317 Å². The lowest BCUT2D eigenvalue weighted by Gasteiger charge is -2.15. The number of nitrogens with zero attached hydrogens (tertiary/aromatic N) is 2. The van der Waals surface area contributed by atoms with Crippen molar-refractivity contribution in [2.75, 3.05) is 13.2 Å². The topological polar surface area (TPSA) is 44.2 Å². The Morgan fingerprint density at radius 2 is 0.760 bits per heavy atom. The molecule has 0 aliphatic heterocycles. The van der Waals surface area contributed by atoms with Crippen LogP contribution in [0.1, 0.15) is 142 Å². The highest BCUT2D eigenvalue weighted by Crippen LogP contribution is 2.39. The van der Waals surface area contributed by atoms with Gasteiger partial charge in [0.2, 0.25) is 0 Å². The van der Waals surface area contributed by atoms with Gasteiger partial charge in [0.15, 0.2) is 11.5 Å². The second-order valence-corrected chi connectivity index (χ2v) is 16.0. The number of ether oxygens (including phenoxy) is 2. The number of hydrogen-bond acceptors (Lipinski definition) is 4. The van der Waals surface area contributed by atoms with E-state index in [2.05, 4.69) is 94.2 Å². The lowest BCUT2D eigenvalue weighted by molar-refractivity contribution is 0.259. The van der Waals surface area contributed by atoms with E-state index in [-0.39, 0.29) is 0 Å². The summed E-state index contributed by atoms with van der Waals surface area (Å²) >= 11 is 7.40. The number of benzene rings is 4. The average molecular weight is 807 g/mol. The molecule has 4 aromatic carbocycles. The van der Waals surface area contributed by atoms with Crippen molar-refractivity contribution in [2.24, 2.45) is 0 Å². The predicted molar refractivity (Wildman–Crippen MR) is 222 cm³/mol. The maximum absolute atomic E-state index is 6.47. The molecule has 1 aromatic heterocycles. The molecule has 0 amide bonds. The largest absolute Gasteiger partial charge is 0.490 e. The molecule has 5 rings (SSSR count). The van der Waals surface area contributed by atoms with Crippen molar-refractivity contribution in [1.29, 1.82) is 0 Å². The van der Waals surface area contributed by atoms with E-state index in [1.54, 1.807) is 0 Å². The van der Waals surface area contributed by atoms with Gasteiger partial charge in [0, 0.05) is 31.9 Å². The summed E-state index contributed by atoms with van der Waals surface area (Å²) in [6.07, 6.45) is 26.1. The normalized spacial score (nSPS) is 11.8. The van der Waals surface area contributed by atoms with Gasteiger partial charge in [-0.25, -0.2) is 9.97 Å². The van der Waals surface area contributed by atoms with Crippen LogP contribution in [0, 0.1) is 0 Å². The number of halogens is 2. The van der Waals surface area contributed by atoms with Crippen LogP contribution < -0.4 is 9.47 Å². The first-order chi connectivity index (χ1) is 24.6. The third-order valence-corrected chi connectivity index (χ3v) is 11.0. The highest BCUT2D eigenvalue weighted by atomic mass is 79.9. The highest BCUT2D eigenvalue weighted by Gasteiger charge is 2.16. The molecule has 0 saturated carbocycles. The molecule has 4 nitrogen and oxygen atoms in total. The number of aromatic nitrogens is 2. The van der Waals surface area contributed by atoms with E-state index in [9.17, 15) is 0 Å². The number of fused-ring (bicyclic) bond motifs is 7. The predicted octanol–water partition coefficient (Wildman–Crippen LogP) is 15.2. The lowest BCUT2D eigenvalue weighted by atomic mass is 9.99. The van der Waals surface area contributed by atoms with Gasteiger partial charge >= 0.3 is 0 Å². The molecule has 0 bridgehead atoms. The number of hydrogen-bond donors (Lipinski definition) is 0. The van der Waals surface area contributed by atoms with Crippen LogP contribution in [0.15, 0.2) is 57.5 Å². The molecule has 50 heavy (non-hydrogen) atoms. The molecule has 5 aromatic rings. The zero-order chi connectivity index (χ0) is 35.0. The van der Waals surface area contributed by atoms with Gasteiger partial charge in [-0.1, -0.05) is 173 Å². The van der Waals surface area contributed by atoms with Crippen molar-refractivity contribution in [1.82, 2.24) is 9.97 Å². The summed E-state index contributed by atoms with van der Waals surface area (Å²) in [5, 5.41) is 4.52. The fourth-order valence-corrected chi connectivity index (χ4v) is 7.83. The second kappa shape index (κ2) is 21.2. The molecule has 0 saturated heterocycles. The van der Waals surface area contributed by atoms with E-state index in [1.807, 2.05) is 0 Å². The fourth-order valence-electron chi connectivity index (χ4n) is 7.10. The summed E-state index contributed by atoms with van der Waals surface area (Å²) in [5.74, 6) is 1.56. The van der Waals surface area contributed by atoms with Gasteiger partial charge in [-0.15, -0.1) is 0 Å². The van der Waals surface area contributed by atoms with Crippen molar-refractivity contribution in [3.05, 3.63) is 57.5 Å². The smallest absolute Gasteiger partial charge is 0.163 e. The second-order valence-electron chi connectivity index (χ2n) is 14.1. The Morgan fingerprint density at radius 3 is 1.12 bits per heavy atom. The molecule has 0 radical (unpaired) electrons. The molecular weight excluding hydrogens is 748 g/mol. The SMILES string of the molecule is CCCCCCCCCCCCOc1cc2nc3c4cc(Br)ccc4c4ccc(Br)cc4c3nc2cc1OCCCCCCCCCCCC. The first kappa shape index (κ1) is 38.8. The van der Waals surface area contributed by atoms with E-state index >= 15 is 0 Å². The van der Waals surface area contributed by atoms with E-state index in [0.717, 1.165) is 66.1 Å². The van der Waals surface area contributed by atoms with Crippen LogP contribution in [0.25, 0.3) is 43.6 Å². The summed E-state index contributed by atoms with van der Waals surface area (Å²) in [7, 11) is 0. The van der Waals surface area contributed by atoms with Crippen LogP contribution >= 0.6 is 31.9 Å². The molecule has 0 spiro atoms. The van der Waals surface area contributed by atoms with Gasteiger partial charge in [-0.2, -0.15) is 0 Å². The summed E-state index contributed by atoms with van der Waals surface area (Å²) < 4.78 is 15.0. The Bertz CT molecular complexity index is 1660. The van der Waals surface area contributed by atoms with Crippen LogP contribution in [-0.4, -0.2) is 23.2 Å². The van der Waals surface area contributed by atoms with Crippen molar-refractivity contribution >= 4 is 75.5 Å². The summed E-state index contributed by atoms with van der Waals surface area (Å²) in [4.78, 5) is 10.5. The highest BCUT2D eigenvalue weighted by molar-refractivity contribution is 9.10. The monoisotopic (exact) mass is 804 g/mol. The van der Waals surface area contributed by atoms with Gasteiger partial charge in [0.25, 0.3) is 0 Å². The average Bonchev–Trinajstić information content (AvgIpc) is 3.12. The van der Waals surface area contributed by atoms with Crippen LogP contribution in [0.4, 0.5) is 0 Å². The Balaban J connectivity index is 1.29. The minimum atomic E-state index is 0.687. The maximum Gasteiger partial charge on any atom is 0.163 e. The van der Waals surface area contributed by atoms with E-state index in [0.29, 0.717) is 13.2 Å². The van der Waals surface area contributed by atoms with Gasteiger partial charge < -0.3 is 9.47 Å². The lowest BCUT2D eigenvalue weighted by Crippen LogP contribution is -2.04. The van der Waals surface area contributed by atoms with Crippen molar-refractivity contribution < 1.29 is 9.47 Å². The molecule has 0 aliphatic rings. The van der Waals surface area contributed by atoms with E-state index < -0.39 is 0 Å². The maximum atomic E-state index is 6.47. The minimum Gasteiger partial charge on any atom is -0.490 e. The van der Waals surface area contributed by atoms with Gasteiger partial charge in [-0.3, -0.25) is 0 Å². The van der Waals surface area contributed by atoms with Crippen molar-refractivity contribution in [2.45, 2.75) is 142 Å². The molecule has 6 heteroatoms. The third kappa shape index (κ3) is 11.3. The minimum absolute atomic E-state index is 0.687. The Morgan fingerprint density at radius 1 is 0.420 bits per heavy atom. The fraction of sp³-hybridized carbons (Fsp3) is 0.545. The van der Waals surface area contributed by atoms with Crippen LogP contribution in [0.5, 0.6) is 11.5 Å². The molecule has 270 valence electrons. The molecule has 0 aliphatic carbocycles. The van der Waals surface area contributed by atoms with Crippen LogP contribution in [0.2, 0.25) is 0 Å². The van der Waals surface area contributed by atoms with Gasteiger partial charge in [0.05, 0.1) is 35.3 Å². The zero-order valence-corrected chi connectivity index (χ0v) is 33.8. The number of rotatable bonds is 24. The standard InChI is InChI=1S/C44H58Br2N2O2/c1-3-5-7-9-11-13-15-17-19-21-27-49-41-31-39-40(32-42(41)50-28-22-20-18-16-14-12-10-8-6-4-2)48-44-38-30-34(46)24-26-36(38)35-25-23-33(45)29-37(35)43(44)47-39/h23-26,29-32H,3-22,27-28H2,1-2H3. The summed E-state index contributed by atoms with van der Waals surface area (Å²) in [5.41, 5.74) is 3.47. The molecular formula is C44H58Br2N2O2. The van der Waals surface area contributed by atoms with E-state index in [4.69, 9.17) is 19.4 Å². The molecule has 0 atom stereocenters. The molecule has 0 unspecified atom stereocenters. The molecule has 0 N–H and O–H groups in total. The van der Waals surface area contributed by atoms with Crippen molar-refractivity contribution in [3.8, 4) is 11.5 Å². The Kier molecular flexibility index (Phi) is 16.4. The van der Waals surface area contributed by atoms with Crippen molar-refractivity contribution in [3.63, 3.8) is 0 Å².